The second kappa shape index (κ2) is 7.28. The zero-order valence-corrected chi connectivity index (χ0v) is 16.0. The van der Waals surface area contributed by atoms with Crippen molar-refractivity contribution in [1.82, 2.24) is 23.8 Å². The number of piperazine rings is 1. The maximum atomic E-state index is 15.0. The first-order valence-electron chi connectivity index (χ1n) is 8.76. The number of hydrogen-bond acceptors (Lipinski definition) is 6. The van der Waals surface area contributed by atoms with E-state index >= 15 is 4.39 Å². The second-order valence-electron chi connectivity index (χ2n) is 6.49. The number of benzene rings is 1. The van der Waals surface area contributed by atoms with E-state index < -0.39 is 15.8 Å². The van der Waals surface area contributed by atoms with E-state index in [0.29, 0.717) is 18.7 Å². The molecule has 0 spiro atoms. The van der Waals surface area contributed by atoms with Gasteiger partial charge in [-0.15, -0.1) is 0 Å². The lowest BCUT2D eigenvalue weighted by atomic mass is 10.1. The Balaban J connectivity index is 1.53. The lowest BCUT2D eigenvalue weighted by Crippen LogP contribution is -2.49. The zero-order chi connectivity index (χ0) is 19.7. The normalized spacial score (nSPS) is 15.7. The van der Waals surface area contributed by atoms with Crippen molar-refractivity contribution in [3.8, 4) is 11.3 Å². The Kier molecular flexibility index (Phi) is 4.82. The molecule has 2 aromatic heterocycles. The Morgan fingerprint density at radius 2 is 1.71 bits per heavy atom. The maximum Gasteiger partial charge on any atom is 0.262 e. The molecule has 8 nitrogen and oxygen atoms in total. The molecule has 1 fully saturated rings. The van der Waals surface area contributed by atoms with Crippen molar-refractivity contribution in [1.29, 1.82) is 0 Å². The summed E-state index contributed by atoms with van der Waals surface area (Å²) in [6.45, 7) is 1.11. The fourth-order valence-corrected chi connectivity index (χ4v) is 4.56. The van der Waals surface area contributed by atoms with Crippen LogP contribution in [-0.2, 0) is 17.1 Å². The average molecular weight is 402 g/mol. The summed E-state index contributed by atoms with van der Waals surface area (Å²) in [5, 5.41) is 0.0167. The van der Waals surface area contributed by atoms with Crippen LogP contribution in [0.5, 0.6) is 0 Å². The van der Waals surface area contributed by atoms with Crippen molar-refractivity contribution in [2.24, 2.45) is 7.05 Å². The SMILES string of the molecule is Cn1cnc(S(=O)(=O)N2CCN(c3ncnc(-c4ccccc4)c3F)CC2)c1. The van der Waals surface area contributed by atoms with E-state index in [1.165, 1.54) is 23.2 Å². The van der Waals surface area contributed by atoms with Crippen LogP contribution in [0.15, 0.2) is 54.2 Å². The minimum absolute atomic E-state index is 0.0167. The van der Waals surface area contributed by atoms with Crippen molar-refractivity contribution >= 4 is 15.8 Å². The van der Waals surface area contributed by atoms with Gasteiger partial charge in [-0.1, -0.05) is 30.3 Å². The van der Waals surface area contributed by atoms with Crippen molar-refractivity contribution in [2.75, 3.05) is 31.1 Å². The van der Waals surface area contributed by atoms with Gasteiger partial charge in [-0.05, 0) is 0 Å². The van der Waals surface area contributed by atoms with Crippen LogP contribution in [0.25, 0.3) is 11.3 Å². The van der Waals surface area contributed by atoms with E-state index in [-0.39, 0.29) is 29.6 Å². The monoisotopic (exact) mass is 402 g/mol. The summed E-state index contributed by atoms with van der Waals surface area (Å²) in [7, 11) is -1.95. The molecule has 28 heavy (non-hydrogen) atoms. The van der Waals surface area contributed by atoms with Gasteiger partial charge in [0, 0.05) is 45.0 Å². The minimum Gasteiger partial charge on any atom is -0.351 e. The van der Waals surface area contributed by atoms with Crippen LogP contribution in [0.2, 0.25) is 0 Å². The van der Waals surface area contributed by atoms with Crippen LogP contribution in [0.1, 0.15) is 0 Å². The Bertz CT molecular complexity index is 1080. The number of sulfonamides is 1. The maximum absolute atomic E-state index is 15.0. The molecule has 10 heteroatoms. The Labute approximate surface area is 162 Å². The van der Waals surface area contributed by atoms with E-state index in [1.54, 1.807) is 28.6 Å². The summed E-state index contributed by atoms with van der Waals surface area (Å²) < 4.78 is 43.3. The number of rotatable bonds is 4. The first-order valence-corrected chi connectivity index (χ1v) is 10.2. The summed E-state index contributed by atoms with van der Waals surface area (Å²) in [5.41, 5.74) is 0.897. The predicted octanol–water partition coefficient (Wildman–Crippen LogP) is 1.53. The number of imidazole rings is 1. The van der Waals surface area contributed by atoms with Crippen molar-refractivity contribution in [2.45, 2.75) is 5.03 Å². The molecule has 146 valence electrons. The van der Waals surface area contributed by atoms with E-state index in [0.717, 1.165) is 0 Å². The average Bonchev–Trinajstić information content (AvgIpc) is 3.16. The molecular weight excluding hydrogens is 383 g/mol. The van der Waals surface area contributed by atoms with Crippen molar-refractivity contribution in [3.63, 3.8) is 0 Å². The van der Waals surface area contributed by atoms with Gasteiger partial charge in [0.05, 0.1) is 6.33 Å². The van der Waals surface area contributed by atoms with Gasteiger partial charge in [-0.3, -0.25) is 0 Å². The third kappa shape index (κ3) is 3.36. The van der Waals surface area contributed by atoms with Crippen LogP contribution in [0, 0.1) is 5.82 Å². The molecule has 1 aliphatic rings. The summed E-state index contributed by atoms with van der Waals surface area (Å²) in [6, 6.07) is 9.06. The molecule has 1 aromatic carbocycles. The van der Waals surface area contributed by atoms with E-state index in [4.69, 9.17) is 0 Å². The Morgan fingerprint density at radius 3 is 2.36 bits per heavy atom. The Morgan fingerprint density at radius 1 is 1.00 bits per heavy atom. The second-order valence-corrected chi connectivity index (χ2v) is 8.38. The lowest BCUT2D eigenvalue weighted by molar-refractivity contribution is 0.380. The van der Waals surface area contributed by atoms with Gasteiger partial charge in [-0.2, -0.15) is 4.31 Å². The van der Waals surface area contributed by atoms with Gasteiger partial charge >= 0.3 is 0 Å². The number of aryl methyl sites for hydroxylation is 1. The first-order chi connectivity index (χ1) is 13.5. The van der Waals surface area contributed by atoms with Gasteiger partial charge < -0.3 is 9.47 Å². The van der Waals surface area contributed by atoms with Gasteiger partial charge in [0.1, 0.15) is 12.0 Å². The fraction of sp³-hybridized carbons (Fsp3) is 0.278. The minimum atomic E-state index is -3.66. The molecule has 0 unspecified atom stereocenters. The van der Waals surface area contributed by atoms with E-state index in [2.05, 4.69) is 15.0 Å². The largest absolute Gasteiger partial charge is 0.351 e. The molecule has 0 bridgehead atoms. The predicted molar refractivity (Wildman–Crippen MR) is 102 cm³/mol. The standard InChI is InChI=1S/C18H19FN6O2S/c1-23-11-15(22-13-23)28(26,27)25-9-7-24(8-10-25)18-16(19)17(20-12-21-18)14-5-3-2-4-6-14/h2-6,11-13H,7-10H2,1H3. The molecule has 3 aromatic rings. The molecule has 0 amide bonds. The van der Waals surface area contributed by atoms with Crippen LogP contribution in [0.3, 0.4) is 0 Å². The number of anilines is 1. The van der Waals surface area contributed by atoms with Crippen molar-refractivity contribution in [3.05, 3.63) is 55.0 Å². The lowest BCUT2D eigenvalue weighted by Gasteiger charge is -2.34. The molecule has 0 saturated carbocycles. The quantitative estimate of drug-likeness (QED) is 0.658. The third-order valence-electron chi connectivity index (χ3n) is 4.64. The molecule has 1 saturated heterocycles. The first kappa shape index (κ1) is 18.5. The van der Waals surface area contributed by atoms with Crippen LogP contribution in [-0.4, -0.2) is 58.4 Å². The fourth-order valence-electron chi connectivity index (χ4n) is 3.17. The summed E-state index contributed by atoms with van der Waals surface area (Å²) in [4.78, 5) is 13.8. The topological polar surface area (TPSA) is 84.2 Å². The van der Waals surface area contributed by atoms with Crippen LogP contribution < -0.4 is 4.90 Å². The molecule has 0 radical (unpaired) electrons. The van der Waals surface area contributed by atoms with Gasteiger partial charge in [0.2, 0.25) is 0 Å². The van der Waals surface area contributed by atoms with Gasteiger partial charge in [-0.25, -0.2) is 27.8 Å². The highest BCUT2D eigenvalue weighted by molar-refractivity contribution is 7.89. The van der Waals surface area contributed by atoms with Gasteiger partial charge in [0.25, 0.3) is 10.0 Å². The number of hydrogen-bond donors (Lipinski definition) is 0. The number of aromatic nitrogens is 4. The van der Waals surface area contributed by atoms with Crippen LogP contribution >= 0.6 is 0 Å². The van der Waals surface area contributed by atoms with Crippen molar-refractivity contribution < 1.29 is 12.8 Å². The highest BCUT2D eigenvalue weighted by Crippen LogP contribution is 2.27. The third-order valence-corrected chi connectivity index (χ3v) is 6.43. The molecule has 3 heterocycles. The molecule has 0 atom stereocenters. The highest BCUT2D eigenvalue weighted by atomic mass is 32.2. The number of nitrogens with zero attached hydrogens (tertiary/aromatic N) is 6. The summed E-state index contributed by atoms with van der Waals surface area (Å²) in [6.07, 6.45) is 4.25. The molecule has 4 rings (SSSR count). The van der Waals surface area contributed by atoms with Gasteiger partial charge in [0.15, 0.2) is 16.7 Å². The molecule has 1 aliphatic heterocycles. The summed E-state index contributed by atoms with van der Waals surface area (Å²) in [5.74, 6) is -0.321. The summed E-state index contributed by atoms with van der Waals surface area (Å²) >= 11 is 0. The Hall–Kier alpha value is -2.85. The van der Waals surface area contributed by atoms with E-state index in [1.807, 2.05) is 18.2 Å². The molecular formula is C18H19FN6O2S. The van der Waals surface area contributed by atoms with E-state index in [9.17, 15) is 8.42 Å². The zero-order valence-electron chi connectivity index (χ0n) is 15.2. The smallest absolute Gasteiger partial charge is 0.262 e. The van der Waals surface area contributed by atoms with Crippen LogP contribution in [0.4, 0.5) is 10.2 Å². The number of halogens is 1. The molecule has 0 N–H and O–H groups in total. The highest BCUT2D eigenvalue weighted by Gasteiger charge is 2.31. The molecule has 0 aliphatic carbocycles.